The molecule has 1 fully saturated rings. The average Bonchev–Trinajstić information content (AvgIpc) is 3.25. The number of amides is 1. The van der Waals surface area contributed by atoms with Crippen LogP contribution in [0.5, 0.6) is 0 Å². The number of benzene rings is 1. The Balaban J connectivity index is 1.28. The van der Waals surface area contributed by atoms with Crippen molar-refractivity contribution >= 4 is 28.4 Å². The Morgan fingerprint density at radius 3 is 2.64 bits per heavy atom. The molecule has 1 aliphatic heterocycles. The van der Waals surface area contributed by atoms with Crippen LogP contribution < -0.4 is 10.2 Å². The zero-order valence-electron chi connectivity index (χ0n) is 18.6. The number of fused-ring (bicyclic) bond motifs is 1. The van der Waals surface area contributed by atoms with Gasteiger partial charge in [0.2, 0.25) is 5.91 Å². The van der Waals surface area contributed by atoms with Crippen molar-refractivity contribution in [2.75, 3.05) is 43.4 Å². The van der Waals surface area contributed by atoms with Gasteiger partial charge in [0.1, 0.15) is 11.5 Å². The van der Waals surface area contributed by atoms with Crippen molar-refractivity contribution in [2.45, 2.75) is 6.42 Å². The molecule has 0 spiro atoms. The molecule has 168 valence electrons. The predicted octanol–water partition coefficient (Wildman–Crippen LogP) is 1.75. The second kappa shape index (κ2) is 8.91. The Hall–Kier alpha value is -3.92. The molecule has 0 bridgehead atoms. The van der Waals surface area contributed by atoms with Gasteiger partial charge in [-0.2, -0.15) is 0 Å². The largest absolute Gasteiger partial charge is 0.354 e. The number of carbonyl (C=O) groups is 1. The number of anilines is 2. The summed E-state index contributed by atoms with van der Waals surface area (Å²) in [7, 11) is 3.95. The molecule has 0 saturated carbocycles. The van der Waals surface area contributed by atoms with Crippen LogP contribution in [-0.4, -0.2) is 74.2 Å². The summed E-state index contributed by atoms with van der Waals surface area (Å²) in [5, 5.41) is 20.3. The van der Waals surface area contributed by atoms with E-state index >= 15 is 0 Å². The second-order valence-corrected chi connectivity index (χ2v) is 8.32. The van der Waals surface area contributed by atoms with Crippen molar-refractivity contribution in [1.29, 1.82) is 0 Å². The zero-order chi connectivity index (χ0) is 22.8. The Kier molecular flexibility index (Phi) is 5.66. The summed E-state index contributed by atoms with van der Waals surface area (Å²) >= 11 is 0. The number of nitrogens with one attached hydrogen (secondary N) is 1. The molecule has 1 saturated heterocycles. The number of pyridine rings is 1. The highest BCUT2D eigenvalue weighted by atomic mass is 16.1. The quantitative estimate of drug-likeness (QED) is 0.497. The fourth-order valence-corrected chi connectivity index (χ4v) is 3.90. The molecule has 1 aromatic carbocycles. The third-order valence-electron chi connectivity index (χ3n) is 5.75. The van der Waals surface area contributed by atoms with Crippen LogP contribution in [0.2, 0.25) is 0 Å². The van der Waals surface area contributed by atoms with Crippen molar-refractivity contribution < 1.29 is 4.79 Å². The SMILES string of the molecule is CN1CCN(c2cc(CC(=O)Nc3cc4cc(-c5cn(C)nn5)ccc4nn3)ccn2)CC1. The van der Waals surface area contributed by atoms with E-state index in [9.17, 15) is 4.79 Å². The molecule has 0 unspecified atom stereocenters. The van der Waals surface area contributed by atoms with Crippen molar-refractivity contribution in [3.63, 3.8) is 0 Å². The zero-order valence-corrected chi connectivity index (χ0v) is 18.6. The smallest absolute Gasteiger partial charge is 0.229 e. The van der Waals surface area contributed by atoms with Crippen LogP contribution in [0.1, 0.15) is 5.56 Å². The first kappa shape index (κ1) is 21.0. The highest BCUT2D eigenvalue weighted by molar-refractivity contribution is 5.93. The molecule has 5 rings (SSSR count). The number of aromatic nitrogens is 6. The van der Waals surface area contributed by atoms with Gasteiger partial charge in [-0.15, -0.1) is 15.3 Å². The number of hydrogen-bond acceptors (Lipinski definition) is 8. The van der Waals surface area contributed by atoms with Gasteiger partial charge < -0.3 is 15.1 Å². The maximum Gasteiger partial charge on any atom is 0.229 e. The van der Waals surface area contributed by atoms with Gasteiger partial charge in [0.05, 0.1) is 18.1 Å². The number of piperazine rings is 1. The Morgan fingerprint density at radius 1 is 1.00 bits per heavy atom. The number of hydrogen-bond donors (Lipinski definition) is 1. The lowest BCUT2D eigenvalue weighted by Gasteiger charge is -2.33. The van der Waals surface area contributed by atoms with Gasteiger partial charge in [0.15, 0.2) is 5.82 Å². The molecule has 0 atom stereocenters. The van der Waals surface area contributed by atoms with Gasteiger partial charge in [0.25, 0.3) is 0 Å². The van der Waals surface area contributed by atoms with Crippen LogP contribution >= 0.6 is 0 Å². The highest BCUT2D eigenvalue weighted by Gasteiger charge is 2.16. The Bertz CT molecular complexity index is 1290. The minimum absolute atomic E-state index is 0.149. The van der Waals surface area contributed by atoms with Crippen LogP contribution in [0, 0.1) is 0 Å². The molecule has 0 radical (unpaired) electrons. The summed E-state index contributed by atoms with van der Waals surface area (Å²) in [4.78, 5) is 21.7. The van der Waals surface area contributed by atoms with Gasteiger partial charge in [-0.1, -0.05) is 11.3 Å². The standard InChI is InChI=1S/C23H25N9O/c1-30-7-9-32(10-8-30)22-11-16(5-6-24-22)12-23(33)25-21-14-18-13-17(3-4-19(18)26-28-21)20-15-31(2)29-27-20/h3-6,11,13-15H,7-10,12H2,1-2H3,(H,25,28,33). The molecular formula is C23H25N9O. The number of rotatable bonds is 5. The van der Waals surface area contributed by atoms with E-state index in [2.05, 4.69) is 47.7 Å². The first-order valence-corrected chi connectivity index (χ1v) is 10.9. The monoisotopic (exact) mass is 443 g/mol. The molecule has 1 amide bonds. The van der Waals surface area contributed by atoms with Crippen LogP contribution in [0.25, 0.3) is 22.2 Å². The number of nitrogens with zero attached hydrogens (tertiary/aromatic N) is 8. The summed E-state index contributed by atoms with van der Waals surface area (Å²) < 4.78 is 1.66. The maximum atomic E-state index is 12.7. The van der Waals surface area contributed by atoms with Crippen LogP contribution in [-0.2, 0) is 18.3 Å². The van der Waals surface area contributed by atoms with Gasteiger partial charge in [-0.05, 0) is 42.9 Å². The number of likely N-dealkylation sites (N-methyl/N-ethyl adjacent to an activating group) is 1. The van der Waals surface area contributed by atoms with E-state index in [0.29, 0.717) is 5.82 Å². The van der Waals surface area contributed by atoms with Gasteiger partial charge in [-0.25, -0.2) is 4.98 Å². The minimum Gasteiger partial charge on any atom is -0.354 e. The summed E-state index contributed by atoms with van der Waals surface area (Å²) in [6, 6.07) is 11.5. The molecule has 10 heteroatoms. The fourth-order valence-electron chi connectivity index (χ4n) is 3.90. The molecule has 3 aromatic heterocycles. The van der Waals surface area contributed by atoms with Crippen LogP contribution in [0.15, 0.2) is 48.8 Å². The van der Waals surface area contributed by atoms with Gasteiger partial charge >= 0.3 is 0 Å². The first-order valence-electron chi connectivity index (χ1n) is 10.9. The lowest BCUT2D eigenvalue weighted by molar-refractivity contribution is -0.115. The Morgan fingerprint density at radius 2 is 1.85 bits per heavy atom. The lowest BCUT2D eigenvalue weighted by Crippen LogP contribution is -2.44. The lowest BCUT2D eigenvalue weighted by atomic mass is 10.1. The molecule has 0 aliphatic carbocycles. The van der Waals surface area contributed by atoms with E-state index in [0.717, 1.165) is 59.7 Å². The molecular weight excluding hydrogens is 418 g/mol. The van der Waals surface area contributed by atoms with Crippen molar-refractivity contribution in [1.82, 2.24) is 35.1 Å². The molecule has 33 heavy (non-hydrogen) atoms. The third kappa shape index (κ3) is 4.80. The Labute approximate surface area is 191 Å². The van der Waals surface area contributed by atoms with E-state index < -0.39 is 0 Å². The first-order chi connectivity index (χ1) is 16.0. The second-order valence-electron chi connectivity index (χ2n) is 8.32. The third-order valence-corrected chi connectivity index (χ3v) is 5.75. The van der Waals surface area contributed by atoms with Gasteiger partial charge in [-0.3, -0.25) is 9.48 Å². The molecule has 1 aliphatic rings. The van der Waals surface area contributed by atoms with Crippen molar-refractivity contribution in [3.05, 3.63) is 54.4 Å². The summed E-state index contributed by atoms with van der Waals surface area (Å²) in [5.74, 6) is 1.18. The predicted molar refractivity (Wildman–Crippen MR) is 126 cm³/mol. The summed E-state index contributed by atoms with van der Waals surface area (Å²) in [6.07, 6.45) is 3.85. The van der Waals surface area contributed by atoms with Crippen LogP contribution in [0.3, 0.4) is 0 Å². The molecule has 10 nitrogen and oxygen atoms in total. The highest BCUT2D eigenvalue weighted by Crippen LogP contribution is 2.23. The van der Waals surface area contributed by atoms with E-state index in [1.165, 1.54) is 0 Å². The van der Waals surface area contributed by atoms with Crippen molar-refractivity contribution in [3.8, 4) is 11.3 Å². The van der Waals surface area contributed by atoms with E-state index in [-0.39, 0.29) is 12.3 Å². The molecule has 1 N–H and O–H groups in total. The average molecular weight is 444 g/mol. The van der Waals surface area contributed by atoms with E-state index in [4.69, 9.17) is 0 Å². The molecule has 4 heterocycles. The van der Waals surface area contributed by atoms with E-state index in [1.54, 1.807) is 10.9 Å². The minimum atomic E-state index is -0.149. The van der Waals surface area contributed by atoms with E-state index in [1.807, 2.05) is 49.6 Å². The van der Waals surface area contributed by atoms with Crippen molar-refractivity contribution in [2.24, 2.45) is 7.05 Å². The number of carbonyl (C=O) groups excluding carboxylic acids is 1. The van der Waals surface area contributed by atoms with Gasteiger partial charge in [0, 0.05) is 50.4 Å². The maximum absolute atomic E-state index is 12.7. The summed E-state index contributed by atoms with van der Waals surface area (Å²) in [6.45, 7) is 3.88. The van der Waals surface area contributed by atoms with Crippen LogP contribution in [0.4, 0.5) is 11.6 Å². The molecule has 4 aromatic rings. The topological polar surface area (TPSA) is 105 Å². The summed E-state index contributed by atoms with van der Waals surface area (Å²) in [5.41, 5.74) is 3.35. The normalized spacial score (nSPS) is 14.5. The fraction of sp³-hybridized carbons (Fsp3) is 0.304. The number of aryl methyl sites for hydroxylation is 1.